The number of nitrogens with one attached hydrogen (secondary N) is 1. The Bertz CT molecular complexity index is 438. The van der Waals surface area contributed by atoms with Crippen molar-refractivity contribution in [3.05, 3.63) is 28.8 Å². The van der Waals surface area contributed by atoms with Crippen molar-refractivity contribution in [2.24, 2.45) is 0 Å². The number of carbonyl (C=O) groups excluding carboxylic acids is 1. The van der Waals surface area contributed by atoms with Gasteiger partial charge in [-0.1, -0.05) is 13.8 Å². The minimum Gasteiger partial charge on any atom is -0.496 e. The fourth-order valence-corrected chi connectivity index (χ4v) is 2.19. The number of hydrogen-bond donors (Lipinski definition) is 1. The molecule has 0 aliphatic rings. The third-order valence-corrected chi connectivity index (χ3v) is 3.13. The number of rotatable bonds is 4. The zero-order valence-corrected chi connectivity index (χ0v) is 12.1. The molecule has 0 aliphatic carbocycles. The third-order valence-electron chi connectivity index (χ3n) is 3.13. The molecule has 0 saturated heterocycles. The van der Waals surface area contributed by atoms with Gasteiger partial charge in [-0.15, -0.1) is 0 Å². The number of carbonyl (C=O) groups is 1. The maximum Gasteiger partial charge on any atom is 0.217 e. The Morgan fingerprint density at radius 2 is 1.83 bits per heavy atom. The van der Waals surface area contributed by atoms with E-state index >= 15 is 0 Å². The highest BCUT2D eigenvalue weighted by Gasteiger charge is 2.15. The van der Waals surface area contributed by atoms with Crippen LogP contribution in [0.3, 0.4) is 0 Å². The van der Waals surface area contributed by atoms with E-state index in [-0.39, 0.29) is 11.9 Å². The quantitative estimate of drug-likeness (QED) is 0.889. The van der Waals surface area contributed by atoms with Crippen molar-refractivity contribution in [1.29, 1.82) is 0 Å². The molecule has 0 spiro atoms. The molecule has 0 radical (unpaired) electrons. The molecule has 0 heterocycles. The summed E-state index contributed by atoms with van der Waals surface area (Å²) in [4.78, 5) is 11.1. The molecular formula is C15H23NO2. The van der Waals surface area contributed by atoms with Gasteiger partial charge in [0.1, 0.15) is 5.75 Å². The predicted molar refractivity (Wildman–Crippen MR) is 74.1 cm³/mol. The second kappa shape index (κ2) is 5.89. The van der Waals surface area contributed by atoms with Gasteiger partial charge in [-0.25, -0.2) is 0 Å². The van der Waals surface area contributed by atoms with Gasteiger partial charge in [-0.05, 0) is 48.6 Å². The van der Waals surface area contributed by atoms with Crippen LogP contribution in [0.4, 0.5) is 0 Å². The first-order chi connectivity index (χ1) is 8.36. The molecule has 0 aliphatic heterocycles. The number of hydrogen-bond acceptors (Lipinski definition) is 2. The van der Waals surface area contributed by atoms with E-state index in [1.165, 1.54) is 5.56 Å². The fraction of sp³-hybridized carbons (Fsp3) is 0.533. The van der Waals surface area contributed by atoms with Crippen molar-refractivity contribution in [3.8, 4) is 5.75 Å². The first kappa shape index (κ1) is 14.6. The Morgan fingerprint density at radius 3 is 2.28 bits per heavy atom. The van der Waals surface area contributed by atoms with Crippen molar-refractivity contribution in [3.63, 3.8) is 0 Å². The topological polar surface area (TPSA) is 38.3 Å². The molecule has 0 aromatic heterocycles. The molecule has 0 bridgehead atoms. The molecule has 1 N–H and O–H groups in total. The highest BCUT2D eigenvalue weighted by Crippen LogP contribution is 2.31. The summed E-state index contributed by atoms with van der Waals surface area (Å²) in [5.74, 6) is 1.30. The van der Waals surface area contributed by atoms with E-state index in [9.17, 15) is 4.79 Å². The van der Waals surface area contributed by atoms with E-state index in [1.807, 2.05) is 19.9 Å². The Balaban J connectivity index is 3.20. The largest absolute Gasteiger partial charge is 0.496 e. The van der Waals surface area contributed by atoms with Crippen molar-refractivity contribution in [2.45, 2.75) is 46.6 Å². The Labute approximate surface area is 110 Å². The van der Waals surface area contributed by atoms with Crippen LogP contribution >= 0.6 is 0 Å². The van der Waals surface area contributed by atoms with E-state index in [4.69, 9.17) is 4.74 Å². The minimum atomic E-state index is -0.0104. The summed E-state index contributed by atoms with van der Waals surface area (Å²) >= 11 is 0. The lowest BCUT2D eigenvalue weighted by atomic mass is 9.93. The molecule has 18 heavy (non-hydrogen) atoms. The van der Waals surface area contributed by atoms with Crippen molar-refractivity contribution in [1.82, 2.24) is 5.32 Å². The van der Waals surface area contributed by atoms with Crippen LogP contribution in [-0.2, 0) is 4.79 Å². The van der Waals surface area contributed by atoms with Crippen LogP contribution in [0.2, 0.25) is 0 Å². The fourth-order valence-electron chi connectivity index (χ4n) is 2.19. The number of aryl methyl sites for hydroxylation is 1. The third kappa shape index (κ3) is 3.25. The molecular weight excluding hydrogens is 226 g/mol. The average Bonchev–Trinajstić information content (AvgIpc) is 2.26. The van der Waals surface area contributed by atoms with Crippen LogP contribution in [0.15, 0.2) is 12.1 Å². The Morgan fingerprint density at radius 1 is 1.22 bits per heavy atom. The van der Waals surface area contributed by atoms with Gasteiger partial charge >= 0.3 is 0 Å². The van der Waals surface area contributed by atoms with Crippen LogP contribution in [-0.4, -0.2) is 13.0 Å². The lowest BCUT2D eigenvalue weighted by Gasteiger charge is -2.20. The number of methoxy groups -OCH3 is 1. The van der Waals surface area contributed by atoms with Crippen LogP contribution in [0.5, 0.6) is 5.75 Å². The average molecular weight is 249 g/mol. The highest BCUT2D eigenvalue weighted by atomic mass is 16.5. The second-order valence-electron chi connectivity index (χ2n) is 5.03. The van der Waals surface area contributed by atoms with Crippen LogP contribution < -0.4 is 10.1 Å². The summed E-state index contributed by atoms with van der Waals surface area (Å²) in [6.07, 6.45) is 0. The molecule has 1 amide bonds. The monoisotopic (exact) mass is 249 g/mol. The predicted octanol–water partition coefficient (Wildman–Crippen LogP) is 3.32. The van der Waals surface area contributed by atoms with Gasteiger partial charge in [-0.3, -0.25) is 4.79 Å². The molecule has 1 rings (SSSR count). The molecule has 3 nitrogen and oxygen atoms in total. The molecule has 1 atom stereocenters. The van der Waals surface area contributed by atoms with Gasteiger partial charge in [0.05, 0.1) is 13.2 Å². The summed E-state index contributed by atoms with van der Waals surface area (Å²) < 4.78 is 5.42. The molecule has 100 valence electrons. The summed E-state index contributed by atoms with van der Waals surface area (Å²) in [5.41, 5.74) is 3.46. The van der Waals surface area contributed by atoms with Gasteiger partial charge in [0.25, 0.3) is 0 Å². The van der Waals surface area contributed by atoms with E-state index in [0.717, 1.165) is 16.9 Å². The number of benzene rings is 1. The highest BCUT2D eigenvalue weighted by molar-refractivity contribution is 5.73. The van der Waals surface area contributed by atoms with Gasteiger partial charge in [-0.2, -0.15) is 0 Å². The normalized spacial score (nSPS) is 12.4. The van der Waals surface area contributed by atoms with E-state index in [0.29, 0.717) is 5.92 Å². The molecule has 0 fully saturated rings. The van der Waals surface area contributed by atoms with Gasteiger partial charge in [0.15, 0.2) is 0 Å². The summed E-state index contributed by atoms with van der Waals surface area (Å²) in [6.45, 7) is 9.86. The van der Waals surface area contributed by atoms with Crippen LogP contribution in [0, 0.1) is 6.92 Å². The first-order valence-corrected chi connectivity index (χ1v) is 6.32. The van der Waals surface area contributed by atoms with Gasteiger partial charge in [0.2, 0.25) is 5.91 Å². The zero-order valence-electron chi connectivity index (χ0n) is 12.1. The van der Waals surface area contributed by atoms with Crippen LogP contribution in [0.1, 0.15) is 56.3 Å². The number of ether oxygens (including phenoxy) is 1. The SMILES string of the molecule is COc1cc(C)c([C@@H](C)NC(C)=O)cc1C(C)C. The first-order valence-electron chi connectivity index (χ1n) is 6.32. The Kier molecular flexibility index (Phi) is 4.76. The summed E-state index contributed by atoms with van der Waals surface area (Å²) in [7, 11) is 1.69. The second-order valence-corrected chi connectivity index (χ2v) is 5.03. The van der Waals surface area contributed by atoms with Crippen molar-refractivity contribution < 1.29 is 9.53 Å². The van der Waals surface area contributed by atoms with E-state index in [1.54, 1.807) is 14.0 Å². The van der Waals surface area contributed by atoms with Gasteiger partial charge < -0.3 is 10.1 Å². The zero-order chi connectivity index (χ0) is 13.9. The van der Waals surface area contributed by atoms with Crippen molar-refractivity contribution >= 4 is 5.91 Å². The molecule has 0 unspecified atom stereocenters. The van der Waals surface area contributed by atoms with Crippen molar-refractivity contribution in [2.75, 3.05) is 7.11 Å². The maximum absolute atomic E-state index is 11.1. The number of amides is 1. The van der Waals surface area contributed by atoms with Crippen LogP contribution in [0.25, 0.3) is 0 Å². The summed E-state index contributed by atoms with van der Waals surface area (Å²) in [6, 6.07) is 4.20. The van der Waals surface area contributed by atoms with E-state index < -0.39 is 0 Å². The minimum absolute atomic E-state index is 0.0104. The smallest absolute Gasteiger partial charge is 0.217 e. The lowest BCUT2D eigenvalue weighted by Crippen LogP contribution is -2.24. The molecule has 1 aromatic rings. The standard InChI is InChI=1S/C15H23NO2/c1-9(2)13-8-14(11(4)16-12(5)17)10(3)7-15(13)18-6/h7-9,11H,1-6H3,(H,16,17)/t11-/m1/s1. The summed E-state index contributed by atoms with van der Waals surface area (Å²) in [5, 5.41) is 2.92. The Hall–Kier alpha value is -1.51. The van der Waals surface area contributed by atoms with E-state index in [2.05, 4.69) is 25.2 Å². The van der Waals surface area contributed by atoms with Gasteiger partial charge in [0, 0.05) is 6.92 Å². The molecule has 0 saturated carbocycles. The molecule has 3 heteroatoms. The maximum atomic E-state index is 11.1. The lowest BCUT2D eigenvalue weighted by molar-refractivity contribution is -0.119. The molecule has 1 aromatic carbocycles.